The molecule has 4 atom stereocenters. The third-order valence-corrected chi connectivity index (χ3v) is 9.70. The second-order valence-electron chi connectivity index (χ2n) is 9.75. The first-order chi connectivity index (χ1) is 9.67. The normalized spacial score (nSPS) is 69.2. The Morgan fingerprint density at radius 3 is 1.45 bits per heavy atom. The van der Waals surface area contributed by atoms with Gasteiger partial charge in [0, 0.05) is 0 Å². The van der Waals surface area contributed by atoms with Crippen LogP contribution >= 0.6 is 11.6 Å². The Bertz CT molecular complexity index is 411. The van der Waals surface area contributed by atoms with Crippen molar-refractivity contribution in [2.24, 2.45) is 46.8 Å². The number of halogens is 1. The Labute approximate surface area is 128 Å². The van der Waals surface area contributed by atoms with E-state index < -0.39 is 0 Å². The highest BCUT2D eigenvalue weighted by Gasteiger charge is 2.72. The van der Waals surface area contributed by atoms with Gasteiger partial charge in [-0.1, -0.05) is 0 Å². The molecule has 0 radical (unpaired) electrons. The van der Waals surface area contributed by atoms with E-state index in [1.165, 1.54) is 19.3 Å². The van der Waals surface area contributed by atoms with Gasteiger partial charge in [0.25, 0.3) is 0 Å². The smallest absolute Gasteiger partial charge is 0.0516 e. The molecular weight excluding hydrogens is 264 g/mol. The summed E-state index contributed by atoms with van der Waals surface area (Å²) in [6.07, 6.45) is 15.3. The van der Waals surface area contributed by atoms with Crippen LogP contribution in [0.4, 0.5) is 0 Å². The van der Waals surface area contributed by atoms with Gasteiger partial charge in [0.2, 0.25) is 0 Å². The van der Waals surface area contributed by atoms with Crippen LogP contribution in [0.15, 0.2) is 0 Å². The lowest BCUT2D eigenvalue weighted by atomic mass is 9.32. The maximum atomic E-state index is 7.53. The molecule has 0 heterocycles. The molecule has 1 heteroatoms. The summed E-state index contributed by atoms with van der Waals surface area (Å²) in [5.74, 6) is 7.30. The topological polar surface area (TPSA) is 0 Å². The zero-order valence-electron chi connectivity index (χ0n) is 12.5. The summed E-state index contributed by atoms with van der Waals surface area (Å²) in [6, 6.07) is 0. The van der Waals surface area contributed by atoms with E-state index in [0.717, 1.165) is 41.4 Å². The highest BCUT2D eigenvalue weighted by atomic mass is 35.5. The SMILES string of the molecule is ClC12C[C@@H]3CC(C[C@@H](C3)C1)C21C2CC3CC(C2)CC1C3. The van der Waals surface area contributed by atoms with Crippen molar-refractivity contribution in [1.82, 2.24) is 0 Å². The molecule has 0 aromatic carbocycles. The zero-order valence-corrected chi connectivity index (χ0v) is 13.2. The van der Waals surface area contributed by atoms with E-state index in [1.807, 2.05) is 0 Å². The quantitative estimate of drug-likeness (QED) is 0.535. The molecule has 8 aliphatic carbocycles. The van der Waals surface area contributed by atoms with E-state index in [4.69, 9.17) is 11.6 Å². The van der Waals surface area contributed by atoms with E-state index in [-0.39, 0.29) is 4.87 Å². The van der Waals surface area contributed by atoms with Crippen molar-refractivity contribution >= 4 is 11.6 Å². The van der Waals surface area contributed by atoms with Crippen LogP contribution in [0.1, 0.15) is 64.2 Å². The maximum absolute atomic E-state index is 7.53. The van der Waals surface area contributed by atoms with Crippen LogP contribution in [0.25, 0.3) is 0 Å². The van der Waals surface area contributed by atoms with Crippen molar-refractivity contribution in [3.8, 4) is 0 Å². The number of hydrogen-bond acceptors (Lipinski definition) is 0. The van der Waals surface area contributed by atoms with Crippen molar-refractivity contribution in [3.63, 3.8) is 0 Å². The van der Waals surface area contributed by atoms with Crippen LogP contribution in [0, 0.1) is 46.8 Å². The first-order valence-electron chi connectivity index (χ1n) is 9.36. The van der Waals surface area contributed by atoms with Crippen molar-refractivity contribution < 1.29 is 0 Å². The fourth-order valence-electron chi connectivity index (χ4n) is 9.37. The lowest BCUT2D eigenvalue weighted by molar-refractivity contribution is -0.223. The summed E-state index contributed by atoms with van der Waals surface area (Å²) in [5, 5.41) is 0. The fourth-order valence-corrected chi connectivity index (χ4v) is 10.3. The molecule has 0 amide bonds. The van der Waals surface area contributed by atoms with Crippen molar-refractivity contribution in [2.45, 2.75) is 69.1 Å². The molecule has 0 aromatic heterocycles. The van der Waals surface area contributed by atoms with Crippen LogP contribution in [-0.2, 0) is 0 Å². The number of rotatable bonds is 0. The van der Waals surface area contributed by atoms with Gasteiger partial charge in [0.15, 0.2) is 0 Å². The summed E-state index contributed by atoms with van der Waals surface area (Å²) < 4.78 is 0. The fraction of sp³-hybridized carbons (Fsp3) is 1.00. The average molecular weight is 291 g/mol. The Hall–Kier alpha value is 0.290. The molecule has 8 aliphatic rings. The summed E-state index contributed by atoms with van der Waals surface area (Å²) in [5.41, 5.74) is 0.607. The van der Waals surface area contributed by atoms with Crippen molar-refractivity contribution in [1.29, 1.82) is 0 Å². The van der Waals surface area contributed by atoms with Gasteiger partial charge in [-0.2, -0.15) is 0 Å². The highest BCUT2D eigenvalue weighted by Crippen LogP contribution is 2.78. The summed E-state index contributed by atoms with van der Waals surface area (Å²) in [6.45, 7) is 0. The van der Waals surface area contributed by atoms with Crippen molar-refractivity contribution in [2.75, 3.05) is 0 Å². The minimum atomic E-state index is 0.240. The van der Waals surface area contributed by atoms with Gasteiger partial charge in [-0.05, 0) is 111 Å². The molecule has 8 saturated carbocycles. The van der Waals surface area contributed by atoms with Crippen LogP contribution in [0.5, 0.6) is 0 Å². The van der Waals surface area contributed by atoms with Gasteiger partial charge in [-0.3, -0.25) is 0 Å². The van der Waals surface area contributed by atoms with Crippen LogP contribution in [-0.4, -0.2) is 4.87 Å². The summed E-state index contributed by atoms with van der Waals surface area (Å²) >= 11 is 7.53. The van der Waals surface area contributed by atoms with Crippen molar-refractivity contribution in [3.05, 3.63) is 0 Å². The molecule has 0 N–H and O–H groups in total. The van der Waals surface area contributed by atoms with Gasteiger partial charge >= 0.3 is 0 Å². The summed E-state index contributed by atoms with van der Waals surface area (Å²) in [4.78, 5) is 0.240. The van der Waals surface area contributed by atoms with Gasteiger partial charge in [0.1, 0.15) is 0 Å². The van der Waals surface area contributed by atoms with E-state index >= 15 is 0 Å². The minimum Gasteiger partial charge on any atom is -0.119 e. The number of hydrogen-bond donors (Lipinski definition) is 0. The monoisotopic (exact) mass is 290 g/mol. The molecular formula is C19H27Cl. The molecule has 8 rings (SSSR count). The molecule has 0 nitrogen and oxygen atoms in total. The number of alkyl halides is 1. The average Bonchev–Trinajstić information content (AvgIpc) is 2.34. The third kappa shape index (κ3) is 1.14. The van der Waals surface area contributed by atoms with Crippen LogP contribution in [0.3, 0.4) is 0 Å². The Balaban J connectivity index is 1.52. The van der Waals surface area contributed by atoms with E-state index in [2.05, 4.69) is 0 Å². The van der Waals surface area contributed by atoms with Gasteiger partial charge in [-0.25, -0.2) is 0 Å². The molecule has 1 spiro atoms. The van der Waals surface area contributed by atoms with Crippen LogP contribution < -0.4 is 0 Å². The highest BCUT2D eigenvalue weighted by molar-refractivity contribution is 6.24. The Morgan fingerprint density at radius 1 is 0.550 bits per heavy atom. The first kappa shape index (κ1) is 11.8. The van der Waals surface area contributed by atoms with Crippen LogP contribution in [0.2, 0.25) is 0 Å². The third-order valence-electron chi connectivity index (χ3n) is 9.07. The largest absolute Gasteiger partial charge is 0.119 e. The first-order valence-corrected chi connectivity index (χ1v) is 9.74. The molecule has 8 fully saturated rings. The molecule has 20 heavy (non-hydrogen) atoms. The van der Waals surface area contributed by atoms with Gasteiger partial charge in [0.05, 0.1) is 4.87 Å². The predicted molar refractivity (Wildman–Crippen MR) is 81.6 cm³/mol. The van der Waals surface area contributed by atoms with E-state index in [1.54, 1.807) is 44.9 Å². The molecule has 0 aliphatic heterocycles. The molecule has 110 valence electrons. The summed E-state index contributed by atoms with van der Waals surface area (Å²) in [7, 11) is 0. The maximum Gasteiger partial charge on any atom is 0.0516 e. The Morgan fingerprint density at radius 2 is 0.950 bits per heavy atom. The molecule has 0 saturated heterocycles. The van der Waals surface area contributed by atoms with E-state index in [0.29, 0.717) is 5.41 Å². The van der Waals surface area contributed by atoms with Gasteiger partial charge < -0.3 is 0 Å². The second-order valence-corrected chi connectivity index (χ2v) is 10.5. The lowest BCUT2D eigenvalue weighted by Crippen LogP contribution is -2.71. The van der Waals surface area contributed by atoms with Gasteiger partial charge in [-0.15, -0.1) is 11.6 Å². The standard InChI is InChI=1S/C19H27Cl/c20-18-9-13-2-14(10-18)8-17(7-13)19(18)15-3-11-1-12(5-15)6-16(19)4-11/h11-17H,1-10H2/t11?,12?,13-,14+,15?,16?,17?,18?,19?. The molecule has 8 bridgehead atoms. The second kappa shape index (κ2) is 3.44. The zero-order chi connectivity index (χ0) is 13.1. The Kier molecular flexibility index (Phi) is 2.03. The molecule has 0 aromatic rings. The predicted octanol–water partition coefficient (Wildman–Crippen LogP) is 5.25. The minimum absolute atomic E-state index is 0.240. The lowest BCUT2D eigenvalue weighted by Gasteiger charge is -2.75. The molecule has 2 unspecified atom stereocenters. The van der Waals surface area contributed by atoms with E-state index in [9.17, 15) is 0 Å².